The minimum atomic E-state index is 0.829. The van der Waals surface area contributed by atoms with Gasteiger partial charge in [-0.05, 0) is 57.7 Å². The molecule has 0 aliphatic carbocycles. The summed E-state index contributed by atoms with van der Waals surface area (Å²) in [6, 6.07) is 2.59. The van der Waals surface area contributed by atoms with Crippen molar-refractivity contribution in [2.24, 2.45) is 5.92 Å². The monoisotopic (exact) mass is 277 g/mol. The third kappa shape index (κ3) is 2.32. The average molecular weight is 277 g/mol. The molecule has 0 aromatic carbocycles. The Hall–Kier alpha value is -0.120. The molecule has 0 aromatic rings. The SMILES string of the molecule is CCC1CN2CCCCC2CN1C1CN2CCC1CC2. The van der Waals surface area contributed by atoms with E-state index in [2.05, 4.69) is 21.6 Å². The standard InChI is InChI=1S/C17H31N3/c1-2-15-11-19-8-4-3-5-16(19)12-20(15)17-13-18-9-6-14(17)7-10-18/h14-17H,2-13H2,1H3. The van der Waals surface area contributed by atoms with Crippen molar-refractivity contribution < 1.29 is 0 Å². The van der Waals surface area contributed by atoms with Gasteiger partial charge in [0.1, 0.15) is 0 Å². The van der Waals surface area contributed by atoms with E-state index in [1.54, 1.807) is 0 Å². The second-order valence-electron chi connectivity index (χ2n) is 7.61. The van der Waals surface area contributed by atoms with E-state index in [-0.39, 0.29) is 0 Å². The summed E-state index contributed by atoms with van der Waals surface area (Å²) in [6.45, 7) is 10.6. The normalized spacial score (nSPS) is 46.4. The van der Waals surface area contributed by atoms with E-state index >= 15 is 0 Å². The first-order chi connectivity index (χ1) is 9.85. The van der Waals surface area contributed by atoms with E-state index in [4.69, 9.17) is 0 Å². The van der Waals surface area contributed by atoms with Gasteiger partial charge < -0.3 is 4.90 Å². The quantitative estimate of drug-likeness (QED) is 0.765. The summed E-state index contributed by atoms with van der Waals surface area (Å²) in [5.41, 5.74) is 0. The van der Waals surface area contributed by atoms with Crippen molar-refractivity contribution >= 4 is 0 Å². The zero-order valence-electron chi connectivity index (χ0n) is 13.1. The number of hydrogen-bond donors (Lipinski definition) is 0. The van der Waals surface area contributed by atoms with Crippen molar-refractivity contribution in [2.45, 2.75) is 63.6 Å². The molecule has 3 unspecified atom stereocenters. The van der Waals surface area contributed by atoms with Gasteiger partial charge in [0.15, 0.2) is 0 Å². The lowest BCUT2D eigenvalue weighted by Crippen LogP contribution is -2.67. The Kier molecular flexibility index (Phi) is 3.78. The number of hydrogen-bond acceptors (Lipinski definition) is 3. The molecule has 0 radical (unpaired) electrons. The lowest BCUT2D eigenvalue weighted by atomic mass is 9.81. The molecule has 0 spiro atoms. The zero-order chi connectivity index (χ0) is 13.5. The van der Waals surface area contributed by atoms with E-state index in [1.165, 1.54) is 77.8 Å². The molecular weight excluding hydrogens is 246 g/mol. The van der Waals surface area contributed by atoms with Crippen LogP contribution in [0.2, 0.25) is 0 Å². The van der Waals surface area contributed by atoms with Gasteiger partial charge in [0.05, 0.1) is 0 Å². The molecule has 5 fully saturated rings. The van der Waals surface area contributed by atoms with Crippen LogP contribution >= 0.6 is 0 Å². The largest absolute Gasteiger partial charge is 0.302 e. The topological polar surface area (TPSA) is 9.72 Å². The van der Waals surface area contributed by atoms with Crippen LogP contribution in [0.4, 0.5) is 0 Å². The van der Waals surface area contributed by atoms with Crippen LogP contribution in [0.5, 0.6) is 0 Å². The Morgan fingerprint density at radius 2 is 1.75 bits per heavy atom. The summed E-state index contributed by atoms with van der Waals surface area (Å²) < 4.78 is 0. The summed E-state index contributed by atoms with van der Waals surface area (Å²) in [7, 11) is 0. The highest BCUT2D eigenvalue weighted by Gasteiger charge is 2.43. The minimum Gasteiger partial charge on any atom is -0.302 e. The first kappa shape index (κ1) is 13.5. The van der Waals surface area contributed by atoms with Crippen LogP contribution in [0, 0.1) is 5.92 Å². The van der Waals surface area contributed by atoms with Crippen LogP contribution in [0.3, 0.4) is 0 Å². The van der Waals surface area contributed by atoms with Crippen LogP contribution in [-0.2, 0) is 0 Å². The number of piperidine rings is 4. The molecule has 5 saturated heterocycles. The van der Waals surface area contributed by atoms with E-state index in [1.807, 2.05) is 0 Å². The zero-order valence-corrected chi connectivity index (χ0v) is 13.1. The second-order valence-corrected chi connectivity index (χ2v) is 7.61. The van der Waals surface area contributed by atoms with Crippen LogP contribution < -0.4 is 0 Å². The molecular formula is C17H31N3. The Labute approximate surface area is 124 Å². The summed E-state index contributed by atoms with van der Waals surface area (Å²) in [4.78, 5) is 8.50. The summed E-state index contributed by atoms with van der Waals surface area (Å²) in [5, 5.41) is 0. The molecule has 5 aliphatic rings. The summed E-state index contributed by atoms with van der Waals surface area (Å²) in [6.07, 6.45) is 8.62. The molecule has 5 rings (SSSR count). The van der Waals surface area contributed by atoms with Gasteiger partial charge in [0, 0.05) is 37.8 Å². The first-order valence-electron chi connectivity index (χ1n) is 9.07. The number of fused-ring (bicyclic) bond motifs is 4. The summed E-state index contributed by atoms with van der Waals surface area (Å²) >= 11 is 0. The Balaban J connectivity index is 1.50. The fraction of sp³-hybridized carbons (Fsp3) is 1.00. The number of rotatable bonds is 2. The highest BCUT2D eigenvalue weighted by molar-refractivity contribution is 4.99. The van der Waals surface area contributed by atoms with Crippen LogP contribution in [0.25, 0.3) is 0 Å². The maximum Gasteiger partial charge on any atom is 0.0256 e. The molecule has 0 amide bonds. The number of nitrogens with zero attached hydrogens (tertiary/aromatic N) is 3. The molecule has 114 valence electrons. The molecule has 3 nitrogen and oxygen atoms in total. The van der Waals surface area contributed by atoms with Crippen molar-refractivity contribution in [3.05, 3.63) is 0 Å². The van der Waals surface area contributed by atoms with Gasteiger partial charge in [0.25, 0.3) is 0 Å². The molecule has 20 heavy (non-hydrogen) atoms. The highest BCUT2D eigenvalue weighted by atomic mass is 15.3. The van der Waals surface area contributed by atoms with Gasteiger partial charge in [-0.3, -0.25) is 9.80 Å². The van der Waals surface area contributed by atoms with Crippen molar-refractivity contribution in [3.8, 4) is 0 Å². The first-order valence-corrected chi connectivity index (χ1v) is 9.07. The molecule has 3 heteroatoms. The fourth-order valence-corrected chi connectivity index (χ4v) is 5.35. The van der Waals surface area contributed by atoms with E-state index in [9.17, 15) is 0 Å². The highest BCUT2D eigenvalue weighted by Crippen LogP contribution is 2.35. The third-order valence-corrected chi connectivity index (χ3v) is 6.60. The molecule has 0 aromatic heterocycles. The third-order valence-electron chi connectivity index (χ3n) is 6.60. The van der Waals surface area contributed by atoms with Gasteiger partial charge in [-0.15, -0.1) is 0 Å². The van der Waals surface area contributed by atoms with Gasteiger partial charge in [-0.1, -0.05) is 13.3 Å². The maximum atomic E-state index is 2.96. The molecule has 2 bridgehead atoms. The van der Waals surface area contributed by atoms with E-state index < -0.39 is 0 Å². The Morgan fingerprint density at radius 1 is 0.900 bits per heavy atom. The van der Waals surface area contributed by atoms with Crippen molar-refractivity contribution in [1.82, 2.24) is 14.7 Å². The van der Waals surface area contributed by atoms with Crippen LogP contribution in [0.1, 0.15) is 45.4 Å². The van der Waals surface area contributed by atoms with Crippen LogP contribution in [-0.4, -0.2) is 72.1 Å². The van der Waals surface area contributed by atoms with Crippen molar-refractivity contribution in [2.75, 3.05) is 39.3 Å². The smallest absolute Gasteiger partial charge is 0.0256 e. The minimum absolute atomic E-state index is 0.829. The van der Waals surface area contributed by atoms with Gasteiger partial charge in [-0.2, -0.15) is 0 Å². The van der Waals surface area contributed by atoms with Crippen LogP contribution in [0.15, 0.2) is 0 Å². The molecule has 0 saturated carbocycles. The van der Waals surface area contributed by atoms with Crippen molar-refractivity contribution in [1.29, 1.82) is 0 Å². The average Bonchev–Trinajstić information content (AvgIpc) is 2.54. The molecule has 3 atom stereocenters. The fourth-order valence-electron chi connectivity index (χ4n) is 5.35. The number of piperazine rings is 1. The lowest BCUT2D eigenvalue weighted by molar-refractivity contribution is -0.0683. The predicted octanol–water partition coefficient (Wildman–Crippen LogP) is 2.03. The maximum absolute atomic E-state index is 2.96. The molecule has 5 aliphatic heterocycles. The van der Waals surface area contributed by atoms with Gasteiger partial charge >= 0.3 is 0 Å². The molecule has 0 N–H and O–H groups in total. The van der Waals surface area contributed by atoms with E-state index in [0.717, 1.165) is 24.0 Å². The van der Waals surface area contributed by atoms with Gasteiger partial charge in [-0.25, -0.2) is 0 Å². The Morgan fingerprint density at radius 3 is 2.45 bits per heavy atom. The second kappa shape index (κ2) is 5.58. The molecule has 5 heterocycles. The van der Waals surface area contributed by atoms with E-state index in [0.29, 0.717) is 0 Å². The lowest BCUT2D eigenvalue weighted by Gasteiger charge is -2.56. The van der Waals surface area contributed by atoms with Crippen molar-refractivity contribution in [3.63, 3.8) is 0 Å². The summed E-state index contributed by atoms with van der Waals surface area (Å²) in [5.74, 6) is 1.00. The van der Waals surface area contributed by atoms with Gasteiger partial charge in [0.2, 0.25) is 0 Å². The predicted molar refractivity (Wildman–Crippen MR) is 82.9 cm³/mol. The Bertz CT molecular complexity index is 337.